The van der Waals surface area contributed by atoms with Gasteiger partial charge in [-0.1, -0.05) is 11.6 Å². The maximum atomic E-state index is 12.4. The Kier molecular flexibility index (Phi) is 5.14. The van der Waals surface area contributed by atoms with Crippen LogP contribution in [0.15, 0.2) is 41.3 Å². The Hall–Kier alpha value is -2.85. The second-order valence-corrected chi connectivity index (χ2v) is 6.77. The zero-order valence-electron chi connectivity index (χ0n) is 12.6. The molecule has 0 atom stereocenters. The second kappa shape index (κ2) is 6.95. The minimum Gasteiger partial charge on any atom is -0.545 e. The molecule has 11 heteroatoms. The molecule has 1 N–H and O–H groups in total. The van der Waals surface area contributed by atoms with Crippen molar-refractivity contribution in [2.75, 3.05) is 11.8 Å². The van der Waals surface area contributed by atoms with Crippen molar-refractivity contribution >= 4 is 39.0 Å². The number of hydrogen-bond acceptors (Lipinski definition) is 7. The smallest absolute Gasteiger partial charge is 0.273 e. The number of rotatable bonds is 6. The fourth-order valence-corrected chi connectivity index (χ4v) is 3.20. The topological polar surface area (TPSA) is 139 Å². The standard InChI is InChI=1S/C14H11ClN2O7S/c1-24-13-6-8(17(20)21)2-5-12(13)16-25(22,23)9-3-4-11(15)10(7-9)14(18)19/h2-7,16H,1H3,(H,18,19)/p-1. The van der Waals surface area contributed by atoms with Gasteiger partial charge in [-0.15, -0.1) is 0 Å². The summed E-state index contributed by atoms with van der Waals surface area (Å²) in [5.41, 5.74) is -0.830. The van der Waals surface area contributed by atoms with Gasteiger partial charge in [0, 0.05) is 16.7 Å². The van der Waals surface area contributed by atoms with Crippen molar-refractivity contribution in [2.45, 2.75) is 4.90 Å². The average Bonchev–Trinajstić information content (AvgIpc) is 2.54. The molecule has 0 spiro atoms. The number of ether oxygens (including phenoxy) is 1. The molecule has 0 saturated heterocycles. The maximum Gasteiger partial charge on any atom is 0.273 e. The van der Waals surface area contributed by atoms with Gasteiger partial charge < -0.3 is 14.6 Å². The lowest BCUT2D eigenvalue weighted by atomic mass is 10.2. The van der Waals surface area contributed by atoms with Gasteiger partial charge in [-0.05, 0) is 24.3 Å². The summed E-state index contributed by atoms with van der Waals surface area (Å²) in [5, 5.41) is 21.5. The van der Waals surface area contributed by atoms with Gasteiger partial charge in [0.25, 0.3) is 15.7 Å². The minimum absolute atomic E-state index is 0.0574. The van der Waals surface area contributed by atoms with Crippen LogP contribution in [0.4, 0.5) is 11.4 Å². The van der Waals surface area contributed by atoms with Gasteiger partial charge in [-0.25, -0.2) is 8.42 Å². The Morgan fingerprint density at radius 3 is 2.48 bits per heavy atom. The number of halogens is 1. The Morgan fingerprint density at radius 1 is 1.24 bits per heavy atom. The number of carbonyl (C=O) groups excluding carboxylic acids is 1. The summed E-state index contributed by atoms with van der Waals surface area (Å²) in [6, 6.07) is 6.35. The molecule has 0 amide bonds. The normalized spacial score (nSPS) is 11.0. The number of carbonyl (C=O) groups is 1. The van der Waals surface area contributed by atoms with E-state index in [9.17, 15) is 28.4 Å². The quantitative estimate of drug-likeness (QED) is 0.585. The fraction of sp³-hybridized carbons (Fsp3) is 0.0714. The summed E-state index contributed by atoms with van der Waals surface area (Å²) < 4.78 is 32.0. The highest BCUT2D eigenvalue weighted by Crippen LogP contribution is 2.31. The monoisotopic (exact) mass is 385 g/mol. The van der Waals surface area contributed by atoms with E-state index in [2.05, 4.69) is 4.72 Å². The summed E-state index contributed by atoms with van der Waals surface area (Å²) in [6.45, 7) is 0. The number of anilines is 1. The molecule has 0 saturated carbocycles. The molecular formula is C14H10ClN2O7S-. The number of aromatic carboxylic acids is 1. The van der Waals surface area contributed by atoms with Crippen molar-refractivity contribution in [3.05, 3.63) is 57.1 Å². The zero-order valence-corrected chi connectivity index (χ0v) is 14.1. The predicted molar refractivity (Wildman–Crippen MR) is 86.2 cm³/mol. The molecule has 9 nitrogen and oxygen atoms in total. The van der Waals surface area contributed by atoms with E-state index in [0.717, 1.165) is 36.4 Å². The van der Waals surface area contributed by atoms with E-state index in [-0.39, 0.29) is 27.0 Å². The molecule has 2 aromatic rings. The van der Waals surface area contributed by atoms with Gasteiger partial charge in [-0.3, -0.25) is 14.8 Å². The number of methoxy groups -OCH3 is 1. The Bertz CT molecular complexity index is 960. The molecule has 2 aromatic carbocycles. The van der Waals surface area contributed by atoms with E-state index < -0.39 is 26.5 Å². The summed E-state index contributed by atoms with van der Waals surface area (Å²) in [6.07, 6.45) is 0. The molecule has 0 aromatic heterocycles. The molecule has 25 heavy (non-hydrogen) atoms. The molecule has 0 bridgehead atoms. The molecule has 0 fully saturated rings. The van der Waals surface area contributed by atoms with Crippen LogP contribution in [0.1, 0.15) is 10.4 Å². The summed E-state index contributed by atoms with van der Waals surface area (Å²) in [5.74, 6) is -1.71. The van der Waals surface area contributed by atoms with Crippen LogP contribution in [0.5, 0.6) is 5.75 Å². The van der Waals surface area contributed by atoms with E-state index in [0.29, 0.717) is 0 Å². The van der Waals surface area contributed by atoms with Crippen molar-refractivity contribution < 1.29 is 28.0 Å². The molecule has 0 unspecified atom stereocenters. The molecule has 0 heterocycles. The average molecular weight is 386 g/mol. The lowest BCUT2D eigenvalue weighted by Crippen LogP contribution is -2.23. The van der Waals surface area contributed by atoms with Crippen LogP contribution in [0, 0.1) is 10.1 Å². The highest BCUT2D eigenvalue weighted by molar-refractivity contribution is 7.92. The van der Waals surface area contributed by atoms with Crippen molar-refractivity contribution in [3.63, 3.8) is 0 Å². The largest absolute Gasteiger partial charge is 0.545 e. The van der Waals surface area contributed by atoms with Gasteiger partial charge in [0.1, 0.15) is 5.75 Å². The Morgan fingerprint density at radius 2 is 1.92 bits per heavy atom. The maximum absolute atomic E-state index is 12.4. The van der Waals surface area contributed by atoms with Crippen LogP contribution in [0.25, 0.3) is 0 Å². The van der Waals surface area contributed by atoms with Crippen molar-refractivity contribution in [3.8, 4) is 5.75 Å². The van der Waals surface area contributed by atoms with Gasteiger partial charge >= 0.3 is 0 Å². The first kappa shape index (κ1) is 18.5. The number of carboxylic acid groups (broad SMARTS) is 1. The number of nitrogens with zero attached hydrogens (tertiary/aromatic N) is 1. The molecular weight excluding hydrogens is 376 g/mol. The van der Waals surface area contributed by atoms with E-state index in [1.54, 1.807) is 0 Å². The zero-order chi connectivity index (χ0) is 18.8. The van der Waals surface area contributed by atoms with Gasteiger partial charge in [0.15, 0.2) is 0 Å². The van der Waals surface area contributed by atoms with Crippen LogP contribution < -0.4 is 14.6 Å². The fourth-order valence-electron chi connectivity index (χ4n) is 1.91. The molecule has 132 valence electrons. The van der Waals surface area contributed by atoms with Gasteiger partial charge in [0.2, 0.25) is 0 Å². The number of nitro groups is 1. The molecule has 0 radical (unpaired) electrons. The van der Waals surface area contributed by atoms with Crippen LogP contribution in [-0.4, -0.2) is 26.4 Å². The first-order valence-corrected chi connectivity index (χ1v) is 8.38. The van der Waals surface area contributed by atoms with E-state index in [4.69, 9.17) is 16.3 Å². The van der Waals surface area contributed by atoms with Crippen molar-refractivity contribution in [1.82, 2.24) is 0 Å². The Labute approximate surface area is 147 Å². The Balaban J connectivity index is 2.44. The van der Waals surface area contributed by atoms with Crippen LogP contribution in [0.3, 0.4) is 0 Å². The molecule has 2 rings (SSSR count). The SMILES string of the molecule is COc1cc([N+](=O)[O-])ccc1NS(=O)(=O)c1ccc(Cl)c(C(=O)[O-])c1. The highest BCUT2D eigenvalue weighted by atomic mass is 35.5. The van der Waals surface area contributed by atoms with Gasteiger partial charge in [0.05, 0.1) is 34.7 Å². The first-order chi connectivity index (χ1) is 11.7. The van der Waals surface area contributed by atoms with Gasteiger partial charge in [-0.2, -0.15) is 0 Å². The number of nitrogens with one attached hydrogen (secondary N) is 1. The van der Waals surface area contributed by atoms with E-state index in [1.807, 2.05) is 0 Å². The van der Waals surface area contributed by atoms with Crippen molar-refractivity contribution in [1.29, 1.82) is 0 Å². The van der Waals surface area contributed by atoms with Crippen LogP contribution in [0.2, 0.25) is 5.02 Å². The third-order valence-corrected chi connectivity index (χ3v) is 4.80. The second-order valence-electron chi connectivity index (χ2n) is 4.68. The number of non-ortho nitro benzene ring substituents is 1. The molecule has 0 aliphatic rings. The molecule has 0 aliphatic heterocycles. The number of sulfonamides is 1. The third-order valence-electron chi connectivity index (χ3n) is 3.11. The molecule has 0 aliphatic carbocycles. The van der Waals surface area contributed by atoms with Crippen LogP contribution in [-0.2, 0) is 10.0 Å². The van der Waals surface area contributed by atoms with E-state index in [1.165, 1.54) is 7.11 Å². The van der Waals surface area contributed by atoms with Crippen LogP contribution >= 0.6 is 11.6 Å². The minimum atomic E-state index is -4.20. The number of hydrogen-bond donors (Lipinski definition) is 1. The lowest BCUT2D eigenvalue weighted by molar-refractivity contribution is -0.384. The predicted octanol–water partition coefficient (Wildman–Crippen LogP) is 1.42. The highest BCUT2D eigenvalue weighted by Gasteiger charge is 2.20. The number of carboxylic acids is 1. The number of benzene rings is 2. The first-order valence-electron chi connectivity index (χ1n) is 6.52. The summed E-state index contributed by atoms with van der Waals surface area (Å²) in [7, 11) is -2.99. The summed E-state index contributed by atoms with van der Waals surface area (Å²) >= 11 is 5.68. The lowest BCUT2D eigenvalue weighted by Gasteiger charge is -2.13. The van der Waals surface area contributed by atoms with E-state index >= 15 is 0 Å². The number of nitro benzene ring substituents is 1. The third kappa shape index (κ3) is 3.98. The van der Waals surface area contributed by atoms with Crippen molar-refractivity contribution in [2.24, 2.45) is 0 Å². The summed E-state index contributed by atoms with van der Waals surface area (Å²) in [4.78, 5) is 20.7.